The van der Waals surface area contributed by atoms with E-state index in [1.54, 1.807) is 30.6 Å². The summed E-state index contributed by atoms with van der Waals surface area (Å²) >= 11 is 11.9. The molecule has 1 atom stereocenters. The van der Waals surface area contributed by atoms with Crippen molar-refractivity contribution in [1.29, 1.82) is 0 Å². The van der Waals surface area contributed by atoms with Crippen molar-refractivity contribution in [3.8, 4) is 0 Å². The molecule has 1 N–H and O–H groups in total. The van der Waals surface area contributed by atoms with E-state index in [1.165, 1.54) is 4.31 Å². The van der Waals surface area contributed by atoms with Crippen LogP contribution in [0.2, 0.25) is 10.0 Å². The van der Waals surface area contributed by atoms with Crippen LogP contribution in [0, 0.1) is 5.92 Å². The zero-order chi connectivity index (χ0) is 20.1. The lowest BCUT2D eigenvalue weighted by molar-refractivity contribution is -0.126. The van der Waals surface area contributed by atoms with Crippen molar-refractivity contribution >= 4 is 39.1 Å². The summed E-state index contributed by atoms with van der Waals surface area (Å²) in [5.74, 6) is -0.666. The number of halogens is 2. The lowest BCUT2D eigenvalue weighted by atomic mass is 9.99. The van der Waals surface area contributed by atoms with Gasteiger partial charge in [-0.1, -0.05) is 29.3 Å². The van der Waals surface area contributed by atoms with Gasteiger partial charge in [-0.25, -0.2) is 12.7 Å². The van der Waals surface area contributed by atoms with Gasteiger partial charge in [-0.3, -0.25) is 9.78 Å². The third-order valence-electron chi connectivity index (χ3n) is 4.70. The maximum Gasteiger partial charge on any atom is 0.224 e. The van der Waals surface area contributed by atoms with Crippen LogP contribution < -0.4 is 5.32 Å². The number of pyridine rings is 1. The van der Waals surface area contributed by atoms with E-state index in [9.17, 15) is 13.2 Å². The average Bonchev–Trinajstić information content (AvgIpc) is 2.69. The van der Waals surface area contributed by atoms with Crippen LogP contribution in [0.4, 0.5) is 0 Å². The third-order valence-corrected chi connectivity index (χ3v) is 7.25. The number of nitrogens with zero attached hydrogens (tertiary/aromatic N) is 2. The molecular weight excluding hydrogens is 421 g/mol. The van der Waals surface area contributed by atoms with Crippen molar-refractivity contribution in [2.45, 2.75) is 25.1 Å². The molecule has 0 unspecified atom stereocenters. The molecular formula is C19H21Cl2N3O3S. The van der Waals surface area contributed by atoms with Crippen LogP contribution in [0.15, 0.2) is 42.7 Å². The Morgan fingerprint density at radius 2 is 1.89 bits per heavy atom. The quantitative estimate of drug-likeness (QED) is 0.745. The third kappa shape index (κ3) is 5.44. The molecule has 150 valence electrons. The highest BCUT2D eigenvalue weighted by molar-refractivity contribution is 7.88. The van der Waals surface area contributed by atoms with Gasteiger partial charge in [-0.05, 0) is 48.2 Å². The number of carbonyl (C=O) groups is 1. The Hall–Kier alpha value is -1.67. The minimum Gasteiger partial charge on any atom is -0.352 e. The number of aromatic nitrogens is 1. The number of rotatable bonds is 6. The van der Waals surface area contributed by atoms with Gasteiger partial charge in [0.2, 0.25) is 15.9 Å². The normalized spacial score (nSPS) is 18.0. The smallest absolute Gasteiger partial charge is 0.224 e. The predicted molar refractivity (Wildman–Crippen MR) is 109 cm³/mol. The van der Waals surface area contributed by atoms with Crippen molar-refractivity contribution in [3.05, 3.63) is 63.9 Å². The highest BCUT2D eigenvalue weighted by Crippen LogP contribution is 2.26. The molecule has 1 aromatic heterocycles. The number of hydrogen-bond donors (Lipinski definition) is 1. The molecule has 1 aromatic carbocycles. The number of piperidine rings is 1. The van der Waals surface area contributed by atoms with Gasteiger partial charge < -0.3 is 5.32 Å². The number of carbonyl (C=O) groups excluding carboxylic acids is 1. The second-order valence-electron chi connectivity index (χ2n) is 6.78. The van der Waals surface area contributed by atoms with Crippen LogP contribution in [0.1, 0.15) is 24.0 Å². The molecule has 0 aliphatic carbocycles. The molecule has 9 heteroatoms. The summed E-state index contributed by atoms with van der Waals surface area (Å²) in [6, 6.07) is 8.45. The van der Waals surface area contributed by atoms with E-state index in [2.05, 4.69) is 10.3 Å². The lowest BCUT2D eigenvalue weighted by Gasteiger charge is -2.31. The Morgan fingerprint density at radius 1 is 1.14 bits per heavy atom. The van der Waals surface area contributed by atoms with Crippen LogP contribution in [-0.2, 0) is 27.1 Å². The molecule has 3 rings (SSSR count). The first-order valence-corrected chi connectivity index (χ1v) is 11.3. The molecule has 1 aliphatic heterocycles. The highest BCUT2D eigenvalue weighted by atomic mass is 35.5. The largest absolute Gasteiger partial charge is 0.352 e. The van der Waals surface area contributed by atoms with Crippen molar-refractivity contribution in [2.75, 3.05) is 13.1 Å². The van der Waals surface area contributed by atoms with E-state index in [1.807, 2.05) is 12.1 Å². The summed E-state index contributed by atoms with van der Waals surface area (Å²) < 4.78 is 27.0. The zero-order valence-electron chi connectivity index (χ0n) is 15.1. The fourth-order valence-corrected chi connectivity index (χ4v) is 5.09. The summed E-state index contributed by atoms with van der Waals surface area (Å²) in [7, 11) is -3.56. The molecule has 6 nitrogen and oxygen atoms in total. The highest BCUT2D eigenvalue weighted by Gasteiger charge is 2.32. The number of hydrogen-bond acceptors (Lipinski definition) is 4. The average molecular weight is 442 g/mol. The van der Waals surface area contributed by atoms with Gasteiger partial charge >= 0.3 is 0 Å². The molecule has 2 heterocycles. The van der Waals surface area contributed by atoms with Gasteiger partial charge in [0.15, 0.2) is 0 Å². The van der Waals surface area contributed by atoms with Crippen molar-refractivity contribution in [2.24, 2.45) is 5.92 Å². The van der Waals surface area contributed by atoms with Gasteiger partial charge in [-0.15, -0.1) is 0 Å². The van der Waals surface area contributed by atoms with Crippen LogP contribution in [0.3, 0.4) is 0 Å². The van der Waals surface area contributed by atoms with Crippen LogP contribution >= 0.6 is 23.2 Å². The van der Waals surface area contributed by atoms with Gasteiger partial charge in [0.1, 0.15) is 0 Å². The Balaban J connectivity index is 1.61. The van der Waals surface area contributed by atoms with Crippen molar-refractivity contribution in [3.63, 3.8) is 0 Å². The summed E-state index contributed by atoms with van der Waals surface area (Å²) in [5, 5.41) is 3.59. The van der Waals surface area contributed by atoms with Crippen LogP contribution in [-0.4, -0.2) is 36.7 Å². The second-order valence-corrected chi connectivity index (χ2v) is 9.56. The predicted octanol–water partition coefficient (Wildman–Crippen LogP) is 3.25. The molecule has 2 aromatic rings. The number of amides is 1. The molecule has 1 saturated heterocycles. The Morgan fingerprint density at radius 3 is 2.61 bits per heavy atom. The Labute approximate surface area is 174 Å². The minimum absolute atomic E-state index is 0.133. The maximum absolute atomic E-state index is 12.8. The molecule has 0 radical (unpaired) electrons. The van der Waals surface area contributed by atoms with E-state index in [0.29, 0.717) is 41.5 Å². The summed E-state index contributed by atoms with van der Waals surface area (Å²) in [4.78, 5) is 16.4. The second kappa shape index (κ2) is 9.22. The van der Waals surface area contributed by atoms with Gasteiger partial charge in [-0.2, -0.15) is 0 Å². The molecule has 0 saturated carbocycles. The van der Waals surface area contributed by atoms with E-state index in [4.69, 9.17) is 23.2 Å². The standard InChI is InChI=1S/C19H21Cl2N3O3S/c20-17-4-3-15(10-18(17)21)13-28(26,27)24-9-1-2-16(12-24)19(25)23-11-14-5-7-22-8-6-14/h3-8,10,16H,1-2,9,11-13H2,(H,23,25)/t16-/m1/s1. The number of nitrogens with one attached hydrogen (secondary N) is 1. The van der Waals surface area contributed by atoms with Gasteiger partial charge in [0.05, 0.1) is 21.7 Å². The molecule has 1 aliphatic rings. The van der Waals surface area contributed by atoms with E-state index < -0.39 is 10.0 Å². The summed E-state index contributed by atoms with van der Waals surface area (Å²) in [6.07, 6.45) is 4.65. The first kappa shape index (κ1) is 21.0. The topological polar surface area (TPSA) is 79.4 Å². The Bertz CT molecular complexity index is 939. The monoisotopic (exact) mass is 441 g/mol. The summed E-state index contributed by atoms with van der Waals surface area (Å²) in [6.45, 7) is 0.998. The van der Waals surface area contributed by atoms with E-state index in [-0.39, 0.29) is 24.1 Å². The molecule has 1 amide bonds. The SMILES string of the molecule is O=C(NCc1ccncc1)[C@@H]1CCCN(S(=O)(=O)Cc2ccc(Cl)c(Cl)c2)C1. The van der Waals surface area contributed by atoms with Gasteiger partial charge in [0, 0.05) is 32.0 Å². The molecule has 0 bridgehead atoms. The first-order chi connectivity index (χ1) is 13.3. The minimum atomic E-state index is -3.56. The first-order valence-electron chi connectivity index (χ1n) is 8.93. The zero-order valence-corrected chi connectivity index (χ0v) is 17.5. The van der Waals surface area contributed by atoms with Crippen molar-refractivity contribution < 1.29 is 13.2 Å². The summed E-state index contributed by atoms with van der Waals surface area (Å²) in [5.41, 5.74) is 1.52. The molecule has 28 heavy (non-hydrogen) atoms. The van der Waals surface area contributed by atoms with Crippen LogP contribution in [0.25, 0.3) is 0 Å². The van der Waals surface area contributed by atoms with E-state index >= 15 is 0 Å². The Kier molecular flexibility index (Phi) is 6.93. The van der Waals surface area contributed by atoms with E-state index in [0.717, 1.165) is 5.56 Å². The maximum atomic E-state index is 12.8. The number of benzene rings is 1. The van der Waals surface area contributed by atoms with Crippen molar-refractivity contribution in [1.82, 2.24) is 14.6 Å². The molecule has 1 fully saturated rings. The van der Waals surface area contributed by atoms with Gasteiger partial charge in [0.25, 0.3) is 0 Å². The fourth-order valence-electron chi connectivity index (χ4n) is 3.17. The molecule has 0 spiro atoms. The van der Waals surface area contributed by atoms with Crippen LogP contribution in [0.5, 0.6) is 0 Å². The lowest BCUT2D eigenvalue weighted by Crippen LogP contribution is -2.45. The fraction of sp³-hybridized carbons (Fsp3) is 0.368. The number of sulfonamides is 1.